The Morgan fingerprint density at radius 2 is 0.796 bits per heavy atom. The van der Waals surface area contributed by atoms with E-state index in [0.717, 1.165) is 25.2 Å². The van der Waals surface area contributed by atoms with Crippen LogP contribution in [0.2, 0.25) is 0 Å². The van der Waals surface area contributed by atoms with E-state index < -0.39 is 0 Å². The van der Waals surface area contributed by atoms with Crippen LogP contribution in [0.5, 0.6) is 0 Å². The Labute approximate surface area is 322 Å². The van der Waals surface area contributed by atoms with E-state index >= 15 is 0 Å². The van der Waals surface area contributed by atoms with Crippen molar-refractivity contribution in [2.45, 2.75) is 249 Å². The Hall–Kier alpha value is -0.586. The standard InChI is InChI=1S/C34H62.C10H20.2C2H6.V/c1-4-6-8-10-12-14-16-18-19-21-23-25-27-29-31-33-34(3)32-30-28-26-24-22-20-17-15-13-11-9-7-5-2;1-3-5-7-9-10-8-6-4-2;2*1-2;/h7-10,13-16,34H,4-6,11-12,17-33H2,1-3H3;3,5-10H2,1-2H3;2*1-2H3;/b9-7-,10-8-,15-13-,16-14-;;;;. The molecule has 291 valence electrons. The summed E-state index contributed by atoms with van der Waals surface area (Å²) < 4.78 is 1.52. The van der Waals surface area contributed by atoms with E-state index in [0.29, 0.717) is 0 Å². The third-order valence-electron chi connectivity index (χ3n) is 8.68. The van der Waals surface area contributed by atoms with Crippen LogP contribution in [0.1, 0.15) is 249 Å². The number of unbranched alkanes of at least 4 members (excludes halogenated alkanes) is 19. The van der Waals surface area contributed by atoms with Crippen LogP contribution in [0.3, 0.4) is 0 Å². The molecule has 0 rings (SSSR count). The molecule has 0 N–H and O–H groups in total. The van der Waals surface area contributed by atoms with Crippen molar-refractivity contribution in [1.82, 2.24) is 0 Å². The molecule has 49 heavy (non-hydrogen) atoms. The molecule has 1 heteroatoms. The quantitative estimate of drug-likeness (QED) is 0.0467. The zero-order valence-electron chi connectivity index (χ0n) is 35.6. The summed E-state index contributed by atoms with van der Waals surface area (Å²) in [6, 6.07) is 0. The van der Waals surface area contributed by atoms with Crippen molar-refractivity contribution in [1.29, 1.82) is 0 Å². The topological polar surface area (TPSA) is 0 Å². The molecule has 0 saturated heterocycles. The molecule has 0 fully saturated rings. The van der Waals surface area contributed by atoms with E-state index in [1.807, 2.05) is 27.7 Å². The van der Waals surface area contributed by atoms with E-state index in [1.165, 1.54) is 171 Å². The number of hydrogen-bond donors (Lipinski definition) is 0. The molecule has 0 nitrogen and oxygen atoms in total. The van der Waals surface area contributed by atoms with Gasteiger partial charge in [-0.15, -0.1) is 0 Å². The van der Waals surface area contributed by atoms with E-state index in [-0.39, 0.29) is 0 Å². The number of hydrogen-bond acceptors (Lipinski definition) is 0. The van der Waals surface area contributed by atoms with Gasteiger partial charge in [0.25, 0.3) is 0 Å². The zero-order chi connectivity index (χ0) is 37.3. The molecule has 0 bridgehead atoms. The third-order valence-corrected chi connectivity index (χ3v) is 9.03. The molecule has 0 spiro atoms. The first-order chi connectivity index (χ1) is 24.1. The molecule has 0 heterocycles. The van der Waals surface area contributed by atoms with Gasteiger partial charge in [-0.05, 0) is 57.3 Å². The van der Waals surface area contributed by atoms with Crippen LogP contribution in [0, 0.1) is 5.92 Å². The predicted molar refractivity (Wildman–Crippen MR) is 230 cm³/mol. The summed E-state index contributed by atoms with van der Waals surface area (Å²) in [6.45, 7) is 19.4. The summed E-state index contributed by atoms with van der Waals surface area (Å²) in [4.78, 5) is 0. The Kier molecular flexibility index (Phi) is 63.9. The first-order valence-corrected chi connectivity index (χ1v) is 22.9. The van der Waals surface area contributed by atoms with E-state index in [4.69, 9.17) is 0 Å². The summed E-state index contributed by atoms with van der Waals surface area (Å²) in [5, 5.41) is 0. The van der Waals surface area contributed by atoms with Crippen LogP contribution in [0.25, 0.3) is 0 Å². The van der Waals surface area contributed by atoms with Crippen molar-refractivity contribution in [3.8, 4) is 0 Å². The average Bonchev–Trinajstić information content (AvgIpc) is 3.12. The summed E-state index contributed by atoms with van der Waals surface area (Å²) in [5.41, 5.74) is 0. The maximum atomic E-state index is 2.64. The van der Waals surface area contributed by atoms with Crippen molar-refractivity contribution in [2.24, 2.45) is 5.92 Å². The molecule has 0 amide bonds. The molecule has 1 unspecified atom stereocenters. The van der Waals surface area contributed by atoms with Crippen LogP contribution in [0.4, 0.5) is 0 Å². The fourth-order valence-corrected chi connectivity index (χ4v) is 5.88. The normalized spacial score (nSPS) is 11.8. The van der Waals surface area contributed by atoms with Crippen LogP contribution >= 0.6 is 0 Å². The predicted octanol–water partition coefficient (Wildman–Crippen LogP) is 18.0. The van der Waals surface area contributed by atoms with E-state index in [9.17, 15) is 0 Å². The van der Waals surface area contributed by atoms with E-state index in [2.05, 4.69) is 100 Å². The Balaban J connectivity index is -0.000000564. The molecule has 0 aliphatic carbocycles. The molecule has 0 saturated carbocycles. The maximum absolute atomic E-state index is 2.64. The second-order valence-corrected chi connectivity index (χ2v) is 14.9. The second-order valence-electron chi connectivity index (χ2n) is 13.7. The van der Waals surface area contributed by atoms with Gasteiger partial charge in [-0.25, -0.2) is 0 Å². The van der Waals surface area contributed by atoms with Gasteiger partial charge in [-0.3, -0.25) is 0 Å². The number of allylic oxidation sites excluding steroid dienone is 8. The minimum absolute atomic E-state index is 0.940. The van der Waals surface area contributed by atoms with Crippen molar-refractivity contribution in [3.05, 3.63) is 48.6 Å². The van der Waals surface area contributed by atoms with Gasteiger partial charge in [0.1, 0.15) is 0 Å². The molecule has 0 aromatic carbocycles. The summed E-state index contributed by atoms with van der Waals surface area (Å²) in [6.07, 6.45) is 58.3. The van der Waals surface area contributed by atoms with Gasteiger partial charge in [0.15, 0.2) is 0 Å². The Bertz CT molecular complexity index is 667. The van der Waals surface area contributed by atoms with Gasteiger partial charge in [-0.2, -0.15) is 0 Å². The van der Waals surface area contributed by atoms with Crippen LogP contribution in [0.15, 0.2) is 48.6 Å². The molecule has 0 aliphatic rings. The molecule has 0 aromatic rings. The van der Waals surface area contributed by atoms with Crippen molar-refractivity contribution >= 4 is 4.23 Å². The summed E-state index contributed by atoms with van der Waals surface area (Å²) >= 11 is 2.64. The first-order valence-electron chi connectivity index (χ1n) is 22.2. The monoisotopic (exact) mass is 722 g/mol. The van der Waals surface area contributed by atoms with E-state index in [1.54, 1.807) is 0 Å². The van der Waals surface area contributed by atoms with Gasteiger partial charge in [0, 0.05) is 0 Å². The Morgan fingerprint density at radius 3 is 1.20 bits per heavy atom. The van der Waals surface area contributed by atoms with Gasteiger partial charge in [0.2, 0.25) is 0 Å². The average molecular weight is 722 g/mol. The third kappa shape index (κ3) is 62.9. The molecule has 1 atom stereocenters. The molecule has 0 aromatic heterocycles. The summed E-state index contributed by atoms with van der Waals surface area (Å²) in [7, 11) is 0. The van der Waals surface area contributed by atoms with Gasteiger partial charge >= 0.3 is 80.0 Å². The fraction of sp³-hybridized carbons (Fsp3) is 0.812. The number of rotatable bonds is 33. The molecular formula is C48H94V. The SMILES string of the molecule is CC.CC.CC/C=C\C/C=C\CCCCCCCCC(C)CCCCCCCCC/C=C\C/C=C\CCC.CCCCCCCC[C](C)=[V]. The van der Waals surface area contributed by atoms with Crippen molar-refractivity contribution < 1.29 is 17.0 Å². The fourth-order valence-electron chi connectivity index (χ4n) is 5.64. The second kappa shape index (κ2) is 56.8. The van der Waals surface area contributed by atoms with Gasteiger partial charge in [0.05, 0.1) is 0 Å². The first kappa shape index (κ1) is 55.2. The minimum atomic E-state index is 0.940. The van der Waals surface area contributed by atoms with Crippen molar-refractivity contribution in [3.63, 3.8) is 0 Å². The molecular weight excluding hydrogens is 627 g/mol. The van der Waals surface area contributed by atoms with Crippen molar-refractivity contribution in [2.75, 3.05) is 0 Å². The van der Waals surface area contributed by atoms with Crippen LogP contribution < -0.4 is 0 Å². The molecule has 0 radical (unpaired) electrons. The van der Waals surface area contributed by atoms with Crippen LogP contribution in [-0.2, 0) is 17.0 Å². The zero-order valence-corrected chi connectivity index (χ0v) is 37.0. The van der Waals surface area contributed by atoms with Gasteiger partial charge in [-0.1, -0.05) is 187 Å². The van der Waals surface area contributed by atoms with Gasteiger partial charge < -0.3 is 0 Å². The molecule has 0 aliphatic heterocycles. The summed E-state index contributed by atoms with van der Waals surface area (Å²) in [5.74, 6) is 0.940. The Morgan fingerprint density at radius 1 is 0.429 bits per heavy atom. The van der Waals surface area contributed by atoms with Crippen LogP contribution in [-0.4, -0.2) is 4.23 Å².